The standard InChI is InChI=1S/C12H20BrN3O2/c1-8-14-10(13)9(16(8)6)7-15(5)11(17)18-12(2,3)4/h7H2,1-6H3. The minimum absolute atomic E-state index is 0.340. The molecule has 0 aliphatic heterocycles. The number of hydrogen-bond acceptors (Lipinski definition) is 3. The predicted molar refractivity (Wildman–Crippen MR) is 73.3 cm³/mol. The Labute approximate surface area is 116 Å². The van der Waals surface area contributed by atoms with Gasteiger partial charge in [-0.05, 0) is 43.6 Å². The second-order valence-electron chi connectivity index (χ2n) is 5.29. The van der Waals surface area contributed by atoms with Crippen molar-refractivity contribution in [2.24, 2.45) is 7.05 Å². The predicted octanol–water partition coefficient (Wildman–Crippen LogP) is 2.86. The summed E-state index contributed by atoms with van der Waals surface area (Å²) >= 11 is 3.40. The van der Waals surface area contributed by atoms with E-state index in [0.29, 0.717) is 6.54 Å². The number of aryl methyl sites for hydroxylation is 1. The van der Waals surface area contributed by atoms with Crippen LogP contribution in [-0.2, 0) is 18.3 Å². The molecule has 0 N–H and O–H groups in total. The number of imidazole rings is 1. The van der Waals surface area contributed by atoms with Crippen molar-refractivity contribution in [1.82, 2.24) is 14.5 Å². The first-order valence-electron chi connectivity index (χ1n) is 5.73. The van der Waals surface area contributed by atoms with Gasteiger partial charge in [-0.25, -0.2) is 9.78 Å². The molecule has 6 heteroatoms. The Kier molecular flexibility index (Phi) is 4.42. The maximum absolute atomic E-state index is 11.9. The Bertz CT molecular complexity index is 449. The number of nitrogens with zero attached hydrogens (tertiary/aromatic N) is 3. The maximum atomic E-state index is 11.9. The summed E-state index contributed by atoms with van der Waals surface area (Å²) in [5, 5.41) is 0. The van der Waals surface area contributed by atoms with Crippen LogP contribution in [0, 0.1) is 6.92 Å². The largest absolute Gasteiger partial charge is 0.444 e. The van der Waals surface area contributed by atoms with E-state index in [1.165, 1.54) is 4.90 Å². The van der Waals surface area contributed by atoms with Gasteiger partial charge in [0.05, 0.1) is 12.2 Å². The van der Waals surface area contributed by atoms with E-state index in [4.69, 9.17) is 4.74 Å². The quantitative estimate of drug-likeness (QED) is 0.842. The molecule has 0 aliphatic carbocycles. The minimum Gasteiger partial charge on any atom is -0.444 e. The highest BCUT2D eigenvalue weighted by Gasteiger charge is 2.21. The molecule has 18 heavy (non-hydrogen) atoms. The number of aromatic nitrogens is 2. The van der Waals surface area contributed by atoms with Gasteiger partial charge in [0.1, 0.15) is 16.0 Å². The molecule has 0 unspecified atom stereocenters. The summed E-state index contributed by atoms with van der Waals surface area (Å²) in [6, 6.07) is 0. The summed E-state index contributed by atoms with van der Waals surface area (Å²) in [5.74, 6) is 0.898. The van der Waals surface area contributed by atoms with E-state index >= 15 is 0 Å². The fraction of sp³-hybridized carbons (Fsp3) is 0.667. The minimum atomic E-state index is -0.481. The topological polar surface area (TPSA) is 47.4 Å². The van der Waals surface area contributed by atoms with Crippen molar-refractivity contribution in [3.63, 3.8) is 0 Å². The summed E-state index contributed by atoms with van der Waals surface area (Å²) in [6.45, 7) is 7.92. The zero-order valence-corrected chi connectivity index (χ0v) is 13.3. The summed E-state index contributed by atoms with van der Waals surface area (Å²) in [7, 11) is 3.63. The van der Waals surface area contributed by atoms with Gasteiger partial charge >= 0.3 is 6.09 Å². The smallest absolute Gasteiger partial charge is 0.410 e. The summed E-state index contributed by atoms with van der Waals surface area (Å²) in [4.78, 5) is 17.7. The van der Waals surface area contributed by atoms with Crippen LogP contribution in [0.25, 0.3) is 0 Å². The lowest BCUT2D eigenvalue weighted by Gasteiger charge is -2.24. The average Bonchev–Trinajstić information content (AvgIpc) is 2.42. The van der Waals surface area contributed by atoms with Crippen molar-refractivity contribution in [1.29, 1.82) is 0 Å². The van der Waals surface area contributed by atoms with Crippen LogP contribution in [0.1, 0.15) is 32.3 Å². The van der Waals surface area contributed by atoms with E-state index < -0.39 is 5.60 Å². The van der Waals surface area contributed by atoms with Gasteiger partial charge < -0.3 is 14.2 Å². The highest BCUT2D eigenvalue weighted by Crippen LogP contribution is 2.19. The van der Waals surface area contributed by atoms with E-state index in [-0.39, 0.29) is 6.09 Å². The van der Waals surface area contributed by atoms with E-state index in [9.17, 15) is 4.79 Å². The number of ether oxygens (including phenoxy) is 1. The van der Waals surface area contributed by atoms with E-state index in [1.54, 1.807) is 7.05 Å². The molecule has 1 heterocycles. The van der Waals surface area contributed by atoms with Gasteiger partial charge in [-0.3, -0.25) is 0 Å². The molecule has 0 aromatic carbocycles. The first-order valence-corrected chi connectivity index (χ1v) is 6.53. The van der Waals surface area contributed by atoms with E-state index in [1.807, 2.05) is 39.3 Å². The van der Waals surface area contributed by atoms with Crippen LogP contribution in [-0.4, -0.2) is 33.2 Å². The van der Waals surface area contributed by atoms with Crippen LogP contribution in [0.2, 0.25) is 0 Å². The molecule has 0 radical (unpaired) electrons. The molecule has 102 valence electrons. The zero-order valence-electron chi connectivity index (χ0n) is 11.7. The van der Waals surface area contributed by atoms with Gasteiger partial charge in [0.15, 0.2) is 0 Å². The molecule has 1 aromatic heterocycles. The van der Waals surface area contributed by atoms with Crippen molar-refractivity contribution in [3.05, 3.63) is 16.1 Å². The molecule has 5 nitrogen and oxygen atoms in total. The lowest BCUT2D eigenvalue weighted by molar-refractivity contribution is 0.0281. The van der Waals surface area contributed by atoms with Crippen LogP contribution in [0.15, 0.2) is 4.60 Å². The zero-order chi connectivity index (χ0) is 14.1. The Morgan fingerprint density at radius 2 is 2.06 bits per heavy atom. The molecule has 1 rings (SSSR count). The number of amides is 1. The van der Waals surface area contributed by atoms with Gasteiger partial charge in [0, 0.05) is 14.1 Å². The van der Waals surface area contributed by atoms with Gasteiger partial charge in [-0.15, -0.1) is 0 Å². The van der Waals surface area contributed by atoms with Crippen LogP contribution < -0.4 is 0 Å². The molecule has 0 saturated carbocycles. The van der Waals surface area contributed by atoms with Crippen LogP contribution in [0.4, 0.5) is 4.79 Å². The number of rotatable bonds is 2. The Morgan fingerprint density at radius 1 is 1.50 bits per heavy atom. The SMILES string of the molecule is Cc1nc(Br)c(CN(C)C(=O)OC(C)(C)C)n1C. The fourth-order valence-electron chi connectivity index (χ4n) is 1.42. The first kappa shape index (κ1) is 15.0. The molecule has 1 aromatic rings. The molecule has 0 bridgehead atoms. The third-order valence-electron chi connectivity index (χ3n) is 2.48. The Hall–Kier alpha value is -1.04. The maximum Gasteiger partial charge on any atom is 0.410 e. The normalized spacial score (nSPS) is 11.5. The van der Waals surface area contributed by atoms with Crippen molar-refractivity contribution in [2.75, 3.05) is 7.05 Å². The summed E-state index contributed by atoms with van der Waals surface area (Å²) in [6.07, 6.45) is -0.340. The van der Waals surface area contributed by atoms with Gasteiger partial charge in [0.25, 0.3) is 0 Å². The van der Waals surface area contributed by atoms with Crippen molar-refractivity contribution < 1.29 is 9.53 Å². The molecular weight excluding hydrogens is 298 g/mol. The van der Waals surface area contributed by atoms with Crippen LogP contribution in [0.3, 0.4) is 0 Å². The van der Waals surface area contributed by atoms with Crippen molar-refractivity contribution in [2.45, 2.75) is 39.8 Å². The lowest BCUT2D eigenvalue weighted by Crippen LogP contribution is -2.34. The first-order chi connectivity index (χ1) is 8.11. The molecule has 0 spiro atoms. The Balaban J connectivity index is 2.76. The average molecular weight is 318 g/mol. The highest BCUT2D eigenvalue weighted by molar-refractivity contribution is 9.10. The van der Waals surface area contributed by atoms with Gasteiger partial charge in [0.2, 0.25) is 0 Å². The van der Waals surface area contributed by atoms with E-state index in [0.717, 1.165) is 16.1 Å². The summed E-state index contributed by atoms with van der Waals surface area (Å²) in [5.41, 5.74) is 0.464. The van der Waals surface area contributed by atoms with E-state index in [2.05, 4.69) is 20.9 Å². The molecular formula is C12H20BrN3O2. The molecule has 0 atom stereocenters. The Morgan fingerprint density at radius 3 is 2.44 bits per heavy atom. The van der Waals surface area contributed by atoms with Gasteiger partial charge in [-0.2, -0.15) is 0 Å². The number of hydrogen-bond donors (Lipinski definition) is 0. The van der Waals surface area contributed by atoms with Gasteiger partial charge in [-0.1, -0.05) is 0 Å². The third-order valence-corrected chi connectivity index (χ3v) is 3.12. The van der Waals surface area contributed by atoms with Crippen molar-refractivity contribution >= 4 is 22.0 Å². The highest BCUT2D eigenvalue weighted by atomic mass is 79.9. The van der Waals surface area contributed by atoms with Crippen LogP contribution in [0.5, 0.6) is 0 Å². The number of carbonyl (C=O) groups excluding carboxylic acids is 1. The molecule has 0 aliphatic rings. The second-order valence-corrected chi connectivity index (χ2v) is 6.04. The van der Waals surface area contributed by atoms with Crippen molar-refractivity contribution in [3.8, 4) is 0 Å². The summed E-state index contributed by atoms with van der Waals surface area (Å²) < 4.78 is 8.01. The lowest BCUT2D eigenvalue weighted by atomic mass is 10.2. The number of carbonyl (C=O) groups is 1. The second kappa shape index (κ2) is 5.30. The van der Waals surface area contributed by atoms with Crippen LogP contribution >= 0.6 is 15.9 Å². The monoisotopic (exact) mass is 317 g/mol. The number of halogens is 1. The third kappa shape index (κ3) is 3.73. The fourth-order valence-corrected chi connectivity index (χ4v) is 2.06. The molecule has 0 fully saturated rings. The molecule has 0 saturated heterocycles. The molecule has 1 amide bonds.